The number of carbonyl (C=O) groups is 1. The van der Waals surface area contributed by atoms with Gasteiger partial charge in [-0.15, -0.1) is 0 Å². The number of amides is 1. The average molecular weight is 387 g/mol. The molecule has 0 aliphatic heterocycles. The molecule has 0 fully saturated rings. The normalized spacial score (nSPS) is 10.6. The quantitative estimate of drug-likeness (QED) is 0.629. The van der Waals surface area contributed by atoms with Crippen molar-refractivity contribution in [1.82, 2.24) is 14.9 Å². The monoisotopic (exact) mass is 386 g/mol. The molecule has 0 saturated heterocycles. The van der Waals surface area contributed by atoms with Crippen molar-refractivity contribution in [3.05, 3.63) is 47.7 Å². The molecule has 0 bridgehead atoms. The number of fused-ring (bicyclic) bond motifs is 1. The Labute approximate surface area is 161 Å². The zero-order valence-corrected chi connectivity index (χ0v) is 15.7. The molecule has 140 valence electrons. The van der Waals surface area contributed by atoms with E-state index in [4.69, 9.17) is 16.3 Å². The maximum atomic E-state index is 11.3. The van der Waals surface area contributed by atoms with Gasteiger partial charge in [-0.25, -0.2) is 9.97 Å². The summed E-state index contributed by atoms with van der Waals surface area (Å²) in [6.45, 7) is 2.32. The number of nitrogens with zero attached hydrogens (tertiary/aromatic N) is 3. The molecule has 0 aliphatic rings. The molecular formula is C19H19ClN4O3. The summed E-state index contributed by atoms with van der Waals surface area (Å²) in [7, 11) is 1.72. The maximum absolute atomic E-state index is 11.3. The van der Waals surface area contributed by atoms with Crippen LogP contribution in [0, 0.1) is 0 Å². The lowest BCUT2D eigenvalue weighted by Crippen LogP contribution is -2.28. The summed E-state index contributed by atoms with van der Waals surface area (Å²) in [5.74, 6) is 1.15. The summed E-state index contributed by atoms with van der Waals surface area (Å²) in [5.41, 5.74) is 1.39. The number of aromatic hydroxyl groups is 1. The summed E-state index contributed by atoms with van der Waals surface area (Å²) in [5, 5.41) is 13.7. The van der Waals surface area contributed by atoms with E-state index < -0.39 is 0 Å². The standard InChI is InChI=1S/C19H19ClN4O3/c1-12(25)24(2)8-9-27-17-5-3-4-15-18(17)19(22-11-21-15)23-13-6-7-16(26)14(20)10-13/h3-7,10-11,26H,8-9H2,1-2H3,(H,21,22,23). The van der Waals surface area contributed by atoms with Gasteiger partial charge in [0, 0.05) is 19.7 Å². The number of benzene rings is 2. The highest BCUT2D eigenvalue weighted by Crippen LogP contribution is 2.33. The molecule has 7 nitrogen and oxygen atoms in total. The molecule has 0 unspecified atom stereocenters. The van der Waals surface area contributed by atoms with Crippen LogP contribution in [0.4, 0.5) is 11.5 Å². The summed E-state index contributed by atoms with van der Waals surface area (Å²) in [4.78, 5) is 21.5. The van der Waals surface area contributed by atoms with E-state index in [-0.39, 0.29) is 16.7 Å². The molecule has 0 saturated carbocycles. The fourth-order valence-electron chi connectivity index (χ4n) is 2.46. The number of aromatic nitrogens is 2. The minimum atomic E-state index is -0.0218. The van der Waals surface area contributed by atoms with Gasteiger partial charge in [-0.2, -0.15) is 0 Å². The lowest BCUT2D eigenvalue weighted by atomic mass is 10.2. The first kappa shape index (κ1) is 18.7. The van der Waals surface area contributed by atoms with E-state index in [1.165, 1.54) is 19.3 Å². The third-order valence-electron chi connectivity index (χ3n) is 4.06. The molecule has 3 rings (SSSR count). The van der Waals surface area contributed by atoms with Gasteiger partial charge in [0.2, 0.25) is 5.91 Å². The van der Waals surface area contributed by atoms with Crippen LogP contribution in [-0.4, -0.2) is 46.1 Å². The number of hydrogen-bond acceptors (Lipinski definition) is 6. The average Bonchev–Trinajstić information content (AvgIpc) is 2.65. The summed E-state index contributed by atoms with van der Waals surface area (Å²) < 4.78 is 5.88. The number of ether oxygens (including phenoxy) is 1. The minimum absolute atomic E-state index is 0.00776. The van der Waals surface area contributed by atoms with Crippen molar-refractivity contribution in [3.63, 3.8) is 0 Å². The molecular weight excluding hydrogens is 368 g/mol. The van der Waals surface area contributed by atoms with Crippen LogP contribution in [0.25, 0.3) is 10.9 Å². The second kappa shape index (κ2) is 8.09. The second-order valence-corrected chi connectivity index (χ2v) is 6.36. The van der Waals surface area contributed by atoms with Gasteiger partial charge in [-0.1, -0.05) is 17.7 Å². The molecule has 1 amide bonds. The first-order chi connectivity index (χ1) is 13.0. The number of nitrogens with one attached hydrogen (secondary N) is 1. The van der Waals surface area contributed by atoms with Gasteiger partial charge in [0.05, 0.1) is 22.5 Å². The molecule has 0 spiro atoms. The molecule has 1 heterocycles. The Morgan fingerprint density at radius 2 is 2.11 bits per heavy atom. The molecule has 1 aromatic heterocycles. The highest BCUT2D eigenvalue weighted by Gasteiger charge is 2.12. The smallest absolute Gasteiger partial charge is 0.219 e. The van der Waals surface area contributed by atoms with Crippen LogP contribution in [-0.2, 0) is 4.79 Å². The lowest BCUT2D eigenvalue weighted by molar-refractivity contribution is -0.127. The Balaban J connectivity index is 1.89. The van der Waals surface area contributed by atoms with Crippen molar-refractivity contribution in [2.24, 2.45) is 0 Å². The molecule has 3 aromatic rings. The van der Waals surface area contributed by atoms with Gasteiger partial charge in [-0.3, -0.25) is 4.79 Å². The van der Waals surface area contributed by atoms with E-state index in [2.05, 4.69) is 15.3 Å². The topological polar surface area (TPSA) is 87.6 Å². The molecule has 2 N–H and O–H groups in total. The number of phenols is 1. The van der Waals surface area contributed by atoms with Crippen LogP contribution in [0.3, 0.4) is 0 Å². The van der Waals surface area contributed by atoms with Crippen molar-refractivity contribution >= 4 is 39.9 Å². The molecule has 0 aliphatic carbocycles. The molecule has 0 radical (unpaired) electrons. The van der Waals surface area contributed by atoms with Crippen LogP contribution in [0.1, 0.15) is 6.92 Å². The van der Waals surface area contributed by atoms with E-state index in [0.717, 1.165) is 10.9 Å². The first-order valence-corrected chi connectivity index (χ1v) is 8.67. The van der Waals surface area contributed by atoms with E-state index in [1.54, 1.807) is 24.1 Å². The molecule has 27 heavy (non-hydrogen) atoms. The zero-order chi connectivity index (χ0) is 19.4. The summed E-state index contributed by atoms with van der Waals surface area (Å²) in [6, 6.07) is 10.3. The first-order valence-electron chi connectivity index (χ1n) is 8.29. The van der Waals surface area contributed by atoms with Crippen LogP contribution >= 0.6 is 11.6 Å². The SMILES string of the molecule is CC(=O)N(C)CCOc1cccc2ncnc(Nc3ccc(O)c(Cl)c3)c12. The van der Waals surface area contributed by atoms with Crippen molar-refractivity contribution in [3.8, 4) is 11.5 Å². The minimum Gasteiger partial charge on any atom is -0.506 e. The fraction of sp³-hybridized carbons (Fsp3) is 0.211. The molecule has 8 heteroatoms. The van der Waals surface area contributed by atoms with E-state index >= 15 is 0 Å². The maximum Gasteiger partial charge on any atom is 0.219 e. The van der Waals surface area contributed by atoms with Crippen LogP contribution in [0.5, 0.6) is 11.5 Å². The van der Waals surface area contributed by atoms with Crippen molar-refractivity contribution in [2.45, 2.75) is 6.92 Å². The van der Waals surface area contributed by atoms with Gasteiger partial charge >= 0.3 is 0 Å². The third kappa shape index (κ3) is 4.38. The number of halogens is 1. The van der Waals surface area contributed by atoms with Gasteiger partial charge in [0.1, 0.15) is 30.3 Å². The zero-order valence-electron chi connectivity index (χ0n) is 14.9. The highest BCUT2D eigenvalue weighted by molar-refractivity contribution is 6.32. The number of rotatable bonds is 6. The van der Waals surface area contributed by atoms with Gasteiger partial charge in [-0.05, 0) is 30.3 Å². The second-order valence-electron chi connectivity index (χ2n) is 5.95. The highest BCUT2D eigenvalue weighted by atomic mass is 35.5. The number of hydrogen-bond donors (Lipinski definition) is 2. The number of anilines is 2. The Morgan fingerprint density at radius 3 is 2.85 bits per heavy atom. The molecule has 2 aromatic carbocycles. The van der Waals surface area contributed by atoms with E-state index in [0.29, 0.717) is 30.4 Å². The van der Waals surface area contributed by atoms with E-state index in [9.17, 15) is 9.90 Å². The summed E-state index contributed by atoms with van der Waals surface area (Å²) >= 11 is 5.97. The lowest BCUT2D eigenvalue weighted by Gasteiger charge is -2.17. The third-order valence-corrected chi connectivity index (χ3v) is 4.36. The number of phenolic OH excluding ortho intramolecular Hbond substituents is 1. The van der Waals surface area contributed by atoms with Gasteiger partial charge in [0.15, 0.2) is 0 Å². The van der Waals surface area contributed by atoms with Crippen LogP contribution in [0.2, 0.25) is 5.02 Å². The fourth-order valence-corrected chi connectivity index (χ4v) is 2.65. The van der Waals surface area contributed by atoms with Gasteiger partial charge < -0.3 is 20.1 Å². The van der Waals surface area contributed by atoms with Crippen LogP contribution < -0.4 is 10.1 Å². The molecule has 0 atom stereocenters. The van der Waals surface area contributed by atoms with E-state index in [1.807, 2.05) is 18.2 Å². The number of carbonyl (C=O) groups excluding carboxylic acids is 1. The largest absolute Gasteiger partial charge is 0.506 e. The van der Waals surface area contributed by atoms with Crippen LogP contribution in [0.15, 0.2) is 42.7 Å². The van der Waals surface area contributed by atoms with Crippen molar-refractivity contribution in [2.75, 3.05) is 25.5 Å². The van der Waals surface area contributed by atoms with Crippen molar-refractivity contribution < 1.29 is 14.6 Å². The Kier molecular flexibility index (Phi) is 5.61. The predicted molar refractivity (Wildman–Crippen MR) is 105 cm³/mol. The number of likely N-dealkylation sites (N-methyl/N-ethyl adjacent to an activating group) is 1. The van der Waals surface area contributed by atoms with Crippen molar-refractivity contribution in [1.29, 1.82) is 0 Å². The van der Waals surface area contributed by atoms with Gasteiger partial charge in [0.25, 0.3) is 0 Å². The Bertz CT molecular complexity index is 975. The Hall–Kier alpha value is -3.06. The predicted octanol–water partition coefficient (Wildman–Crippen LogP) is 3.59. The summed E-state index contributed by atoms with van der Waals surface area (Å²) in [6.07, 6.45) is 1.46. The Morgan fingerprint density at radius 1 is 1.30 bits per heavy atom.